The van der Waals surface area contributed by atoms with Crippen molar-refractivity contribution in [2.75, 3.05) is 19.8 Å². The second-order valence-corrected chi connectivity index (χ2v) is 4.43. The average molecular weight is 222 g/mol. The molecule has 0 aliphatic heterocycles. The fraction of sp³-hybridized carbons (Fsp3) is 0.571. The van der Waals surface area contributed by atoms with Crippen molar-refractivity contribution < 1.29 is 9.84 Å². The van der Waals surface area contributed by atoms with Gasteiger partial charge in [0.2, 0.25) is 0 Å². The van der Waals surface area contributed by atoms with Gasteiger partial charge in [-0.05, 0) is 31.2 Å². The number of hydrogen-bond donors (Lipinski definition) is 1. The number of benzene rings is 1. The predicted molar refractivity (Wildman–Crippen MR) is 66.6 cm³/mol. The molecule has 0 fully saturated rings. The molecule has 2 nitrogen and oxygen atoms in total. The van der Waals surface area contributed by atoms with Crippen LogP contribution in [0, 0.1) is 12.8 Å². The highest BCUT2D eigenvalue weighted by atomic mass is 16.5. The standard InChI is InChI=1S/C14H22O2/c1-12-4-3-5-14(10-12)7-6-13(2)11-16-9-8-15/h3-5,10,13,15H,6-9,11H2,1-2H3. The Labute approximate surface area is 98.3 Å². The SMILES string of the molecule is Cc1cccc(CCC(C)COCCO)c1. The highest BCUT2D eigenvalue weighted by Gasteiger charge is 2.03. The lowest BCUT2D eigenvalue weighted by Crippen LogP contribution is -2.09. The zero-order valence-electron chi connectivity index (χ0n) is 10.3. The first kappa shape index (κ1) is 13.2. The smallest absolute Gasteiger partial charge is 0.0697 e. The maximum absolute atomic E-state index is 8.59. The minimum absolute atomic E-state index is 0.116. The van der Waals surface area contributed by atoms with Crippen LogP contribution in [0.15, 0.2) is 24.3 Å². The Morgan fingerprint density at radius 1 is 1.38 bits per heavy atom. The van der Waals surface area contributed by atoms with E-state index in [0.717, 1.165) is 19.4 Å². The Balaban J connectivity index is 2.23. The molecule has 1 N–H and O–H groups in total. The van der Waals surface area contributed by atoms with Crippen LogP contribution >= 0.6 is 0 Å². The quantitative estimate of drug-likeness (QED) is 0.718. The van der Waals surface area contributed by atoms with E-state index in [-0.39, 0.29) is 6.61 Å². The van der Waals surface area contributed by atoms with Crippen molar-refractivity contribution in [3.05, 3.63) is 35.4 Å². The van der Waals surface area contributed by atoms with Crippen molar-refractivity contribution in [1.82, 2.24) is 0 Å². The van der Waals surface area contributed by atoms with E-state index < -0.39 is 0 Å². The number of rotatable bonds is 7. The third kappa shape index (κ3) is 5.29. The van der Waals surface area contributed by atoms with Crippen LogP contribution < -0.4 is 0 Å². The molecule has 16 heavy (non-hydrogen) atoms. The van der Waals surface area contributed by atoms with Gasteiger partial charge in [0.15, 0.2) is 0 Å². The molecular weight excluding hydrogens is 200 g/mol. The molecule has 0 aliphatic carbocycles. The van der Waals surface area contributed by atoms with Gasteiger partial charge < -0.3 is 9.84 Å². The van der Waals surface area contributed by atoms with Gasteiger partial charge in [0.1, 0.15) is 0 Å². The molecule has 0 aromatic heterocycles. The molecule has 90 valence electrons. The highest BCUT2D eigenvalue weighted by Crippen LogP contribution is 2.11. The Hall–Kier alpha value is -0.860. The second-order valence-electron chi connectivity index (χ2n) is 4.43. The molecule has 0 amide bonds. The molecule has 1 rings (SSSR count). The van der Waals surface area contributed by atoms with E-state index in [2.05, 4.69) is 38.1 Å². The van der Waals surface area contributed by atoms with E-state index in [1.165, 1.54) is 11.1 Å². The normalized spacial score (nSPS) is 12.7. The molecule has 0 spiro atoms. The maximum atomic E-state index is 8.59. The van der Waals surface area contributed by atoms with Gasteiger partial charge in [-0.1, -0.05) is 36.8 Å². The van der Waals surface area contributed by atoms with Gasteiger partial charge in [0, 0.05) is 6.61 Å². The maximum Gasteiger partial charge on any atom is 0.0697 e. The Kier molecular flexibility index (Phi) is 6.12. The summed E-state index contributed by atoms with van der Waals surface area (Å²) in [6.45, 7) is 5.62. The fourth-order valence-corrected chi connectivity index (χ4v) is 1.71. The topological polar surface area (TPSA) is 29.5 Å². The lowest BCUT2D eigenvalue weighted by Gasteiger charge is -2.11. The molecule has 1 aromatic carbocycles. The summed E-state index contributed by atoms with van der Waals surface area (Å²) in [6, 6.07) is 8.64. The van der Waals surface area contributed by atoms with Crippen LogP contribution in [0.25, 0.3) is 0 Å². The number of aliphatic hydroxyl groups excluding tert-OH is 1. The molecule has 0 bridgehead atoms. The van der Waals surface area contributed by atoms with Crippen molar-refractivity contribution in [2.24, 2.45) is 5.92 Å². The second kappa shape index (κ2) is 7.42. The molecule has 0 saturated carbocycles. The Bertz CT molecular complexity index is 297. The van der Waals surface area contributed by atoms with Gasteiger partial charge in [0.05, 0.1) is 13.2 Å². The minimum atomic E-state index is 0.116. The first-order valence-corrected chi connectivity index (χ1v) is 5.96. The first-order chi connectivity index (χ1) is 7.72. The van der Waals surface area contributed by atoms with E-state index in [0.29, 0.717) is 12.5 Å². The number of aryl methyl sites for hydroxylation is 2. The van der Waals surface area contributed by atoms with Crippen molar-refractivity contribution in [1.29, 1.82) is 0 Å². The monoisotopic (exact) mass is 222 g/mol. The lowest BCUT2D eigenvalue weighted by atomic mass is 10.0. The van der Waals surface area contributed by atoms with Crippen LogP contribution in [0.1, 0.15) is 24.5 Å². The largest absolute Gasteiger partial charge is 0.394 e. The summed E-state index contributed by atoms with van der Waals surface area (Å²) in [5, 5.41) is 8.59. The van der Waals surface area contributed by atoms with Crippen LogP contribution in [-0.4, -0.2) is 24.9 Å². The molecule has 1 unspecified atom stereocenters. The highest BCUT2D eigenvalue weighted by molar-refractivity contribution is 5.22. The summed E-state index contributed by atoms with van der Waals surface area (Å²) in [6.07, 6.45) is 2.24. The van der Waals surface area contributed by atoms with Crippen LogP contribution in [0.2, 0.25) is 0 Å². The molecule has 0 heterocycles. The Morgan fingerprint density at radius 3 is 2.88 bits per heavy atom. The van der Waals surface area contributed by atoms with E-state index in [9.17, 15) is 0 Å². The van der Waals surface area contributed by atoms with Gasteiger partial charge in [0.25, 0.3) is 0 Å². The van der Waals surface area contributed by atoms with Crippen LogP contribution in [-0.2, 0) is 11.2 Å². The van der Waals surface area contributed by atoms with Gasteiger partial charge in [-0.3, -0.25) is 0 Å². The van der Waals surface area contributed by atoms with Crippen molar-refractivity contribution in [3.8, 4) is 0 Å². The molecule has 2 heteroatoms. The van der Waals surface area contributed by atoms with E-state index in [1.54, 1.807) is 0 Å². The van der Waals surface area contributed by atoms with E-state index in [1.807, 2.05) is 0 Å². The molecule has 1 atom stereocenters. The summed E-state index contributed by atoms with van der Waals surface area (Å²) in [5.74, 6) is 0.548. The molecular formula is C14H22O2. The average Bonchev–Trinajstić information content (AvgIpc) is 2.27. The summed E-state index contributed by atoms with van der Waals surface area (Å²) in [5.41, 5.74) is 2.72. The zero-order valence-corrected chi connectivity index (χ0v) is 10.3. The van der Waals surface area contributed by atoms with Gasteiger partial charge in [-0.2, -0.15) is 0 Å². The van der Waals surface area contributed by atoms with Gasteiger partial charge >= 0.3 is 0 Å². The third-order valence-corrected chi connectivity index (χ3v) is 2.65. The summed E-state index contributed by atoms with van der Waals surface area (Å²) < 4.78 is 5.31. The van der Waals surface area contributed by atoms with Crippen LogP contribution in [0.5, 0.6) is 0 Å². The van der Waals surface area contributed by atoms with Gasteiger partial charge in [-0.25, -0.2) is 0 Å². The van der Waals surface area contributed by atoms with Gasteiger partial charge in [-0.15, -0.1) is 0 Å². The zero-order chi connectivity index (χ0) is 11.8. The Morgan fingerprint density at radius 2 is 2.19 bits per heavy atom. The van der Waals surface area contributed by atoms with E-state index >= 15 is 0 Å². The third-order valence-electron chi connectivity index (χ3n) is 2.65. The van der Waals surface area contributed by atoms with Crippen LogP contribution in [0.4, 0.5) is 0 Å². The molecule has 0 aliphatic rings. The minimum Gasteiger partial charge on any atom is -0.394 e. The number of ether oxygens (including phenoxy) is 1. The van der Waals surface area contributed by atoms with Crippen LogP contribution in [0.3, 0.4) is 0 Å². The summed E-state index contributed by atoms with van der Waals surface area (Å²) in [7, 11) is 0. The lowest BCUT2D eigenvalue weighted by molar-refractivity contribution is 0.0698. The molecule has 0 saturated heterocycles. The van der Waals surface area contributed by atoms with Crippen molar-refractivity contribution in [3.63, 3.8) is 0 Å². The number of hydrogen-bond acceptors (Lipinski definition) is 2. The molecule has 0 radical (unpaired) electrons. The predicted octanol–water partition coefficient (Wildman–Crippen LogP) is 2.57. The first-order valence-electron chi connectivity index (χ1n) is 5.96. The van der Waals surface area contributed by atoms with Crippen molar-refractivity contribution in [2.45, 2.75) is 26.7 Å². The molecule has 1 aromatic rings. The number of aliphatic hydroxyl groups is 1. The van der Waals surface area contributed by atoms with E-state index in [4.69, 9.17) is 9.84 Å². The fourth-order valence-electron chi connectivity index (χ4n) is 1.71. The summed E-state index contributed by atoms with van der Waals surface area (Å²) >= 11 is 0. The summed E-state index contributed by atoms with van der Waals surface area (Å²) in [4.78, 5) is 0. The van der Waals surface area contributed by atoms with Crippen molar-refractivity contribution >= 4 is 0 Å².